The van der Waals surface area contributed by atoms with E-state index in [2.05, 4.69) is 25.2 Å². The lowest BCUT2D eigenvalue weighted by Crippen LogP contribution is -2.37. The summed E-state index contributed by atoms with van der Waals surface area (Å²) in [7, 11) is 0. The number of hydrogen-bond donors (Lipinski definition) is 2. The van der Waals surface area contributed by atoms with E-state index >= 15 is 0 Å². The summed E-state index contributed by atoms with van der Waals surface area (Å²) >= 11 is 0. The van der Waals surface area contributed by atoms with Crippen LogP contribution in [0.4, 0.5) is 0 Å². The summed E-state index contributed by atoms with van der Waals surface area (Å²) in [6.45, 7) is 9.34. The summed E-state index contributed by atoms with van der Waals surface area (Å²) in [5.74, 6) is 0.865. The molecule has 0 aliphatic rings. The van der Waals surface area contributed by atoms with Crippen molar-refractivity contribution in [3.05, 3.63) is 29.3 Å². The predicted octanol–water partition coefficient (Wildman–Crippen LogP) is 3.21. The monoisotopic (exact) mass is 279 g/mol. The van der Waals surface area contributed by atoms with Crippen LogP contribution in [0, 0.1) is 13.8 Å². The number of rotatable bonds is 9. The van der Waals surface area contributed by atoms with Gasteiger partial charge in [0.25, 0.3) is 0 Å². The van der Waals surface area contributed by atoms with Crippen LogP contribution >= 0.6 is 0 Å². The first kappa shape index (κ1) is 17.0. The van der Waals surface area contributed by atoms with Gasteiger partial charge >= 0.3 is 0 Å². The van der Waals surface area contributed by atoms with Gasteiger partial charge < -0.3 is 15.2 Å². The highest BCUT2D eigenvalue weighted by atomic mass is 16.5. The highest BCUT2D eigenvalue weighted by Gasteiger charge is 2.10. The molecule has 3 heteroatoms. The molecular formula is C17H29NO2. The van der Waals surface area contributed by atoms with E-state index in [-0.39, 0.29) is 0 Å². The Balaban J connectivity index is 2.35. The van der Waals surface area contributed by atoms with Crippen LogP contribution in [-0.2, 0) is 0 Å². The van der Waals surface area contributed by atoms with Crippen LogP contribution in [0.15, 0.2) is 18.2 Å². The van der Waals surface area contributed by atoms with E-state index in [1.54, 1.807) is 0 Å². The largest absolute Gasteiger partial charge is 0.491 e. The molecule has 2 unspecified atom stereocenters. The van der Waals surface area contributed by atoms with Gasteiger partial charge in [0.15, 0.2) is 0 Å². The molecule has 0 bridgehead atoms. The molecule has 1 rings (SSSR count). The van der Waals surface area contributed by atoms with Gasteiger partial charge in [0.2, 0.25) is 0 Å². The van der Waals surface area contributed by atoms with E-state index in [0.29, 0.717) is 19.2 Å². The molecule has 20 heavy (non-hydrogen) atoms. The number of benzene rings is 1. The average molecular weight is 279 g/mol. The highest BCUT2D eigenvalue weighted by molar-refractivity contribution is 5.35. The van der Waals surface area contributed by atoms with E-state index < -0.39 is 6.10 Å². The van der Waals surface area contributed by atoms with E-state index in [1.807, 2.05) is 26.0 Å². The molecule has 2 N–H and O–H groups in total. The van der Waals surface area contributed by atoms with E-state index in [0.717, 1.165) is 24.2 Å². The number of aryl methyl sites for hydroxylation is 2. The average Bonchev–Trinajstić information content (AvgIpc) is 2.44. The van der Waals surface area contributed by atoms with Gasteiger partial charge in [-0.15, -0.1) is 0 Å². The Hall–Kier alpha value is -1.06. The maximum Gasteiger partial charge on any atom is 0.122 e. The van der Waals surface area contributed by atoms with E-state index in [1.165, 1.54) is 12.0 Å². The third kappa shape index (κ3) is 5.93. The van der Waals surface area contributed by atoms with Crippen LogP contribution in [0.3, 0.4) is 0 Å². The van der Waals surface area contributed by atoms with Crippen molar-refractivity contribution in [1.29, 1.82) is 0 Å². The van der Waals surface area contributed by atoms with Gasteiger partial charge in [-0.05, 0) is 43.9 Å². The van der Waals surface area contributed by atoms with Crippen molar-refractivity contribution in [3.63, 3.8) is 0 Å². The van der Waals surface area contributed by atoms with Crippen LogP contribution in [0.5, 0.6) is 5.75 Å². The Morgan fingerprint density at radius 1 is 1.25 bits per heavy atom. The molecule has 0 aliphatic heterocycles. The Morgan fingerprint density at radius 3 is 2.65 bits per heavy atom. The third-order valence-electron chi connectivity index (χ3n) is 3.55. The summed E-state index contributed by atoms with van der Waals surface area (Å²) in [6.07, 6.45) is 2.95. The maximum atomic E-state index is 10.00. The number of ether oxygens (including phenoxy) is 1. The number of aliphatic hydroxyl groups excluding tert-OH is 1. The molecule has 0 aliphatic carbocycles. The standard InChI is InChI=1S/C17H29NO2/c1-5-7-15(6-2)18-11-16(19)12-20-17-10-13(3)8-9-14(17)4/h8-10,15-16,18-19H,5-7,11-12H2,1-4H3. The molecule has 114 valence electrons. The molecule has 0 spiro atoms. The molecule has 0 saturated carbocycles. The second kappa shape index (κ2) is 8.98. The molecule has 0 aromatic heterocycles. The smallest absolute Gasteiger partial charge is 0.122 e. The van der Waals surface area contributed by atoms with Gasteiger partial charge in [-0.1, -0.05) is 32.4 Å². The minimum Gasteiger partial charge on any atom is -0.491 e. The fourth-order valence-electron chi connectivity index (χ4n) is 2.21. The molecule has 3 nitrogen and oxygen atoms in total. The number of nitrogens with one attached hydrogen (secondary N) is 1. The van der Waals surface area contributed by atoms with Gasteiger partial charge in [-0.25, -0.2) is 0 Å². The van der Waals surface area contributed by atoms with Crippen LogP contribution in [0.2, 0.25) is 0 Å². The molecule has 0 fully saturated rings. The summed E-state index contributed by atoms with van der Waals surface area (Å²) in [6, 6.07) is 6.62. The van der Waals surface area contributed by atoms with Gasteiger partial charge in [-0.3, -0.25) is 0 Å². The minimum atomic E-state index is -0.471. The Morgan fingerprint density at radius 2 is 2.00 bits per heavy atom. The SMILES string of the molecule is CCCC(CC)NCC(O)COc1cc(C)ccc1C. The lowest BCUT2D eigenvalue weighted by Gasteiger charge is -2.19. The first-order valence-electron chi connectivity index (χ1n) is 7.68. The fourth-order valence-corrected chi connectivity index (χ4v) is 2.21. The fraction of sp³-hybridized carbons (Fsp3) is 0.647. The topological polar surface area (TPSA) is 41.5 Å². The highest BCUT2D eigenvalue weighted by Crippen LogP contribution is 2.19. The second-order valence-corrected chi connectivity index (χ2v) is 5.54. The molecule has 2 atom stereocenters. The summed E-state index contributed by atoms with van der Waals surface area (Å²) in [5.41, 5.74) is 2.28. The lowest BCUT2D eigenvalue weighted by atomic mass is 10.1. The first-order chi connectivity index (χ1) is 9.56. The first-order valence-corrected chi connectivity index (χ1v) is 7.68. The van der Waals surface area contributed by atoms with Crippen LogP contribution in [0.25, 0.3) is 0 Å². The molecular weight excluding hydrogens is 250 g/mol. The van der Waals surface area contributed by atoms with Crippen LogP contribution in [0.1, 0.15) is 44.2 Å². The van der Waals surface area contributed by atoms with Crippen molar-refractivity contribution in [3.8, 4) is 5.75 Å². The maximum absolute atomic E-state index is 10.00. The summed E-state index contributed by atoms with van der Waals surface area (Å²) in [4.78, 5) is 0. The molecule has 0 amide bonds. The normalized spacial score (nSPS) is 14.1. The van der Waals surface area contributed by atoms with Gasteiger partial charge in [0.05, 0.1) is 0 Å². The third-order valence-corrected chi connectivity index (χ3v) is 3.55. The zero-order valence-electron chi connectivity index (χ0n) is 13.3. The second-order valence-electron chi connectivity index (χ2n) is 5.54. The number of aliphatic hydroxyl groups is 1. The molecule has 0 heterocycles. The molecule has 1 aromatic rings. The zero-order chi connectivity index (χ0) is 15.0. The minimum absolute atomic E-state index is 0.333. The molecule has 1 aromatic carbocycles. The van der Waals surface area contributed by atoms with Crippen molar-refractivity contribution in [2.24, 2.45) is 0 Å². The Bertz CT molecular complexity index is 393. The van der Waals surface area contributed by atoms with Crippen molar-refractivity contribution in [2.45, 2.75) is 59.1 Å². The van der Waals surface area contributed by atoms with Crippen LogP contribution in [-0.4, -0.2) is 30.4 Å². The summed E-state index contributed by atoms with van der Waals surface area (Å²) < 4.78 is 5.72. The van der Waals surface area contributed by atoms with Gasteiger partial charge in [0.1, 0.15) is 18.5 Å². The quantitative estimate of drug-likeness (QED) is 0.729. The molecule has 0 radical (unpaired) electrons. The van der Waals surface area contributed by atoms with Crippen molar-refractivity contribution in [2.75, 3.05) is 13.2 Å². The van der Waals surface area contributed by atoms with Crippen molar-refractivity contribution in [1.82, 2.24) is 5.32 Å². The Kier molecular flexibility index (Phi) is 7.63. The predicted molar refractivity (Wildman–Crippen MR) is 84.4 cm³/mol. The van der Waals surface area contributed by atoms with Gasteiger partial charge in [0, 0.05) is 12.6 Å². The lowest BCUT2D eigenvalue weighted by molar-refractivity contribution is 0.102. The van der Waals surface area contributed by atoms with E-state index in [9.17, 15) is 5.11 Å². The molecule has 0 saturated heterocycles. The number of hydrogen-bond acceptors (Lipinski definition) is 3. The Labute approximate surface area is 123 Å². The van der Waals surface area contributed by atoms with Crippen LogP contribution < -0.4 is 10.1 Å². The van der Waals surface area contributed by atoms with Crippen molar-refractivity contribution >= 4 is 0 Å². The van der Waals surface area contributed by atoms with Crippen molar-refractivity contribution < 1.29 is 9.84 Å². The van der Waals surface area contributed by atoms with Gasteiger partial charge in [-0.2, -0.15) is 0 Å². The summed E-state index contributed by atoms with van der Waals surface area (Å²) in [5, 5.41) is 13.4. The zero-order valence-corrected chi connectivity index (χ0v) is 13.3. The van der Waals surface area contributed by atoms with E-state index in [4.69, 9.17) is 4.74 Å².